The molecule has 0 atom stereocenters. The lowest BCUT2D eigenvalue weighted by molar-refractivity contribution is -0.937. The summed E-state index contributed by atoms with van der Waals surface area (Å²) in [4.78, 5) is 11.1. The van der Waals surface area contributed by atoms with E-state index in [4.69, 9.17) is 27.9 Å². The minimum absolute atomic E-state index is 0.0283. The van der Waals surface area contributed by atoms with E-state index in [0.29, 0.717) is 5.75 Å². The molecule has 0 aliphatic carbocycles. The van der Waals surface area contributed by atoms with Gasteiger partial charge in [-0.15, -0.1) is 0 Å². The van der Waals surface area contributed by atoms with Crippen LogP contribution in [0.5, 0.6) is 5.75 Å². The smallest absolute Gasteiger partial charge is 0.406 e. The summed E-state index contributed by atoms with van der Waals surface area (Å²) in [6.07, 6.45) is 3.86. The zero-order valence-corrected chi connectivity index (χ0v) is 20.7. The normalized spacial score (nSPS) is 15.8. The van der Waals surface area contributed by atoms with E-state index in [1.165, 1.54) is 5.56 Å². The first kappa shape index (κ1) is 25.0. The number of amides is 1. The molecule has 1 aromatic rings. The Kier molecular flexibility index (Phi) is 8.22. The van der Waals surface area contributed by atoms with Gasteiger partial charge in [-0.25, -0.2) is 0 Å². The third kappa shape index (κ3) is 5.89. The Balaban J connectivity index is 2.27. The van der Waals surface area contributed by atoms with Gasteiger partial charge >= 0.3 is 4.64 Å². The van der Waals surface area contributed by atoms with Gasteiger partial charge < -0.3 is 14.5 Å². The number of rotatable bonds is 10. The molecule has 1 N–H and O–H groups in total. The first-order valence-electron chi connectivity index (χ1n) is 10.9. The van der Waals surface area contributed by atoms with Crippen LogP contribution in [0.3, 0.4) is 0 Å². The largest absolute Gasteiger partial charge is 0.474 e. The van der Waals surface area contributed by atoms with Gasteiger partial charge in [0, 0.05) is 68.9 Å². The number of nitrogens with zero attached hydrogens (tertiary/aromatic N) is 2. The van der Waals surface area contributed by atoms with E-state index in [9.17, 15) is 4.79 Å². The summed E-state index contributed by atoms with van der Waals surface area (Å²) in [5.74, 6) is 0.726. The van der Waals surface area contributed by atoms with Gasteiger partial charge in [0.1, 0.15) is 12.3 Å². The number of quaternary nitrogens is 1. The summed E-state index contributed by atoms with van der Waals surface area (Å²) in [5, 5.41) is 2.90. The zero-order chi connectivity index (χ0) is 22.6. The Hall–Kier alpha value is -1.30. The molecule has 0 bridgehead atoms. The summed E-state index contributed by atoms with van der Waals surface area (Å²) in [5.41, 5.74) is 2.00. The number of hydrogen-bond acceptors (Lipinski definition) is 2. The van der Waals surface area contributed by atoms with Crippen LogP contribution in [0.1, 0.15) is 65.5 Å². The fraction of sp³-hybridized carbons (Fsp3) is 0.652. The van der Waals surface area contributed by atoms with E-state index in [1.807, 2.05) is 16.9 Å². The molecular formula is C23H37Cl2N3O2+2. The van der Waals surface area contributed by atoms with Crippen molar-refractivity contribution in [1.29, 1.82) is 0 Å². The van der Waals surface area contributed by atoms with Crippen LogP contribution in [0.4, 0.5) is 0 Å². The highest BCUT2D eigenvalue weighted by Crippen LogP contribution is 2.38. The van der Waals surface area contributed by atoms with Crippen LogP contribution in [-0.2, 0) is 11.3 Å². The summed E-state index contributed by atoms with van der Waals surface area (Å²) < 4.78 is 7.38. The van der Waals surface area contributed by atoms with E-state index >= 15 is 0 Å². The molecule has 1 aliphatic heterocycles. The zero-order valence-electron chi connectivity index (χ0n) is 19.2. The van der Waals surface area contributed by atoms with Crippen molar-refractivity contribution < 1.29 is 18.6 Å². The highest BCUT2D eigenvalue weighted by atomic mass is 35.5. The number of ether oxygens (including phenoxy) is 1. The van der Waals surface area contributed by atoms with Crippen LogP contribution >= 0.6 is 23.2 Å². The molecule has 1 heterocycles. The Bertz CT molecular complexity index is 787. The van der Waals surface area contributed by atoms with Crippen molar-refractivity contribution in [2.24, 2.45) is 0 Å². The Morgan fingerprint density at radius 2 is 1.90 bits per heavy atom. The maximum atomic E-state index is 11.1. The molecule has 7 heteroatoms. The van der Waals surface area contributed by atoms with Gasteiger partial charge in [0.05, 0.1) is 25.2 Å². The van der Waals surface area contributed by atoms with E-state index in [0.717, 1.165) is 55.6 Å². The molecule has 0 spiro atoms. The molecule has 0 saturated heterocycles. The van der Waals surface area contributed by atoms with Gasteiger partial charge in [-0.1, -0.05) is 6.92 Å². The highest BCUT2D eigenvalue weighted by Gasteiger charge is 2.50. The third-order valence-electron chi connectivity index (χ3n) is 6.42. The molecule has 0 saturated carbocycles. The predicted octanol–water partition coefficient (Wildman–Crippen LogP) is 4.67. The molecule has 1 aromatic carbocycles. The molecule has 2 rings (SSSR count). The van der Waals surface area contributed by atoms with Gasteiger partial charge in [0.25, 0.3) is 0 Å². The number of fused-ring (bicyclic) bond motifs is 1. The van der Waals surface area contributed by atoms with Gasteiger partial charge in [0.15, 0.2) is 11.8 Å². The lowest BCUT2D eigenvalue weighted by Crippen LogP contribution is -2.51. The second-order valence-corrected chi connectivity index (χ2v) is 10.0. The number of halogens is 2. The second kappa shape index (κ2) is 9.88. The van der Waals surface area contributed by atoms with Crippen molar-refractivity contribution in [3.8, 4) is 5.75 Å². The standard InChI is InChI=1S/C23H36Cl2N3O2/c1-7-22(5,6)27-16-20-15-19(11-12-21(20)30-23(27,24)25)17-28(8-2,9-3)14-10-13-26-18(4)29/h11-12,15-16H,7-10,13-14,17H2,1-6H3/q+1/p+1. The molecule has 1 amide bonds. The molecule has 5 nitrogen and oxygen atoms in total. The number of hydrogen-bond donors (Lipinski definition) is 1. The van der Waals surface area contributed by atoms with Crippen LogP contribution in [0.25, 0.3) is 0 Å². The maximum absolute atomic E-state index is 11.1. The van der Waals surface area contributed by atoms with E-state index in [2.05, 4.69) is 52.1 Å². The molecule has 168 valence electrons. The van der Waals surface area contributed by atoms with Crippen molar-refractivity contribution in [3.63, 3.8) is 0 Å². The SMILES string of the molecule is CCC(C)(C)[N+]1=Cc2cc(C[N+](CC)(CC)CCCNC(C)=O)ccc2OC1(Cl)Cl. The Morgan fingerprint density at radius 1 is 1.23 bits per heavy atom. The van der Waals surface area contributed by atoms with Crippen molar-refractivity contribution >= 4 is 35.3 Å². The van der Waals surface area contributed by atoms with Crippen LogP contribution in [0, 0.1) is 0 Å². The van der Waals surface area contributed by atoms with Crippen LogP contribution in [0.15, 0.2) is 18.2 Å². The van der Waals surface area contributed by atoms with Crippen molar-refractivity contribution in [3.05, 3.63) is 29.3 Å². The molecule has 0 aromatic heterocycles. The fourth-order valence-electron chi connectivity index (χ4n) is 3.89. The highest BCUT2D eigenvalue weighted by molar-refractivity contribution is 6.46. The number of benzene rings is 1. The second-order valence-electron chi connectivity index (χ2n) is 8.82. The van der Waals surface area contributed by atoms with Gasteiger partial charge in [-0.3, -0.25) is 4.79 Å². The summed E-state index contributed by atoms with van der Waals surface area (Å²) in [6.45, 7) is 17.1. The summed E-state index contributed by atoms with van der Waals surface area (Å²) in [6, 6.07) is 6.25. The summed E-state index contributed by atoms with van der Waals surface area (Å²) >= 11 is 13.0. The average Bonchev–Trinajstić information content (AvgIpc) is 2.69. The monoisotopic (exact) mass is 457 g/mol. The molecule has 0 unspecified atom stereocenters. The lowest BCUT2D eigenvalue weighted by atomic mass is 10.00. The van der Waals surface area contributed by atoms with Gasteiger partial charge in [-0.05, 0) is 32.0 Å². The topological polar surface area (TPSA) is 41.3 Å². The maximum Gasteiger partial charge on any atom is 0.474 e. The Labute approximate surface area is 191 Å². The van der Waals surface area contributed by atoms with E-state index in [-0.39, 0.29) is 11.4 Å². The fourth-order valence-corrected chi connectivity index (χ4v) is 4.61. The average molecular weight is 458 g/mol. The molecule has 1 aliphatic rings. The number of carbonyl (C=O) groups excluding carboxylic acids is 1. The molecule has 0 radical (unpaired) electrons. The predicted molar refractivity (Wildman–Crippen MR) is 125 cm³/mol. The quantitative estimate of drug-likeness (QED) is 0.182. The lowest BCUT2D eigenvalue weighted by Gasteiger charge is -2.37. The van der Waals surface area contributed by atoms with Gasteiger partial charge in [-0.2, -0.15) is 4.58 Å². The molecule has 0 fully saturated rings. The van der Waals surface area contributed by atoms with Crippen LogP contribution in [-0.4, -0.2) is 57.5 Å². The first-order chi connectivity index (χ1) is 14.0. The van der Waals surface area contributed by atoms with Crippen LogP contribution < -0.4 is 10.1 Å². The Morgan fingerprint density at radius 3 is 2.47 bits per heavy atom. The molecular weight excluding hydrogens is 421 g/mol. The van der Waals surface area contributed by atoms with Crippen LogP contribution in [0.2, 0.25) is 0 Å². The van der Waals surface area contributed by atoms with Crippen molar-refractivity contribution in [2.45, 2.75) is 71.1 Å². The number of alkyl halides is 2. The third-order valence-corrected chi connectivity index (χ3v) is 6.93. The minimum atomic E-state index is -1.43. The molecule has 30 heavy (non-hydrogen) atoms. The van der Waals surface area contributed by atoms with E-state index < -0.39 is 4.64 Å². The van der Waals surface area contributed by atoms with Gasteiger partial charge in [0.2, 0.25) is 5.91 Å². The first-order valence-corrected chi connectivity index (χ1v) is 11.7. The number of carbonyl (C=O) groups is 1. The van der Waals surface area contributed by atoms with Crippen molar-refractivity contribution in [1.82, 2.24) is 5.32 Å². The van der Waals surface area contributed by atoms with E-state index in [1.54, 1.807) is 6.92 Å². The summed E-state index contributed by atoms with van der Waals surface area (Å²) in [7, 11) is 0. The van der Waals surface area contributed by atoms with Crippen molar-refractivity contribution in [2.75, 3.05) is 26.2 Å². The minimum Gasteiger partial charge on any atom is -0.406 e. The number of nitrogens with one attached hydrogen (secondary N) is 1.